The van der Waals surface area contributed by atoms with E-state index in [4.69, 9.17) is 5.73 Å². The minimum atomic E-state index is 0.534. The molecule has 1 fully saturated rings. The normalized spacial score (nSPS) is 23.9. The van der Waals surface area contributed by atoms with Crippen LogP contribution in [0.3, 0.4) is 0 Å². The van der Waals surface area contributed by atoms with Crippen molar-refractivity contribution in [3.8, 4) is 0 Å². The molecule has 2 atom stereocenters. The molecule has 0 aliphatic heterocycles. The Morgan fingerprint density at radius 3 is 2.94 bits per heavy atom. The van der Waals surface area contributed by atoms with E-state index in [-0.39, 0.29) is 0 Å². The fraction of sp³-hybridized carbons (Fsp3) is 0.667. The molecular weight excluding hydrogens is 232 g/mol. The lowest BCUT2D eigenvalue weighted by Crippen LogP contribution is -2.13. The molecule has 1 aliphatic rings. The number of anilines is 2. The Morgan fingerprint density at radius 1 is 1.47 bits per heavy atom. The van der Waals surface area contributed by atoms with Crippen LogP contribution in [0.2, 0.25) is 0 Å². The molecule has 2 unspecified atom stereocenters. The summed E-state index contributed by atoms with van der Waals surface area (Å²) >= 11 is 1.51. The van der Waals surface area contributed by atoms with Gasteiger partial charge < -0.3 is 11.1 Å². The predicted octanol–water partition coefficient (Wildman–Crippen LogP) is 2.63. The molecule has 0 amide bonds. The molecule has 94 valence electrons. The van der Waals surface area contributed by atoms with E-state index < -0.39 is 0 Å². The number of thioether (sulfide) groups is 1. The van der Waals surface area contributed by atoms with Gasteiger partial charge in [0.2, 0.25) is 0 Å². The summed E-state index contributed by atoms with van der Waals surface area (Å²) < 4.78 is 0. The average molecular weight is 252 g/mol. The van der Waals surface area contributed by atoms with E-state index in [9.17, 15) is 0 Å². The third-order valence-corrected chi connectivity index (χ3v) is 3.83. The number of nitrogens with one attached hydrogen (secondary N) is 1. The Balaban J connectivity index is 1.92. The molecule has 1 aromatic rings. The van der Waals surface area contributed by atoms with Crippen LogP contribution in [0.5, 0.6) is 0 Å². The third kappa shape index (κ3) is 3.49. The molecule has 1 aromatic heterocycles. The van der Waals surface area contributed by atoms with Gasteiger partial charge in [0.15, 0.2) is 5.16 Å². The van der Waals surface area contributed by atoms with Crippen molar-refractivity contribution in [2.45, 2.75) is 31.3 Å². The first-order valence-electron chi connectivity index (χ1n) is 6.09. The molecule has 1 aliphatic carbocycles. The minimum Gasteiger partial charge on any atom is -0.383 e. The summed E-state index contributed by atoms with van der Waals surface area (Å²) in [6, 6.07) is 1.80. The second kappa shape index (κ2) is 5.58. The Morgan fingerprint density at radius 2 is 2.29 bits per heavy atom. The smallest absolute Gasteiger partial charge is 0.191 e. The van der Waals surface area contributed by atoms with Crippen molar-refractivity contribution in [1.82, 2.24) is 9.97 Å². The number of hydrogen-bond donors (Lipinski definition) is 2. The first-order valence-corrected chi connectivity index (χ1v) is 7.32. The van der Waals surface area contributed by atoms with Gasteiger partial charge in [0, 0.05) is 12.6 Å². The standard InChI is InChI=1S/C12H20N4S/c1-8-3-4-9(5-8)7-14-11-6-10(13)15-12(16-11)17-2/h6,8-9H,3-5,7H2,1-2H3,(H3,13,14,15,16). The van der Waals surface area contributed by atoms with Gasteiger partial charge in [0.05, 0.1) is 0 Å². The highest BCUT2D eigenvalue weighted by atomic mass is 32.2. The second-order valence-electron chi connectivity index (χ2n) is 4.83. The molecule has 3 N–H and O–H groups in total. The summed E-state index contributed by atoms with van der Waals surface area (Å²) in [6.07, 6.45) is 5.96. The lowest BCUT2D eigenvalue weighted by Gasteiger charge is -2.12. The van der Waals surface area contributed by atoms with Crippen molar-refractivity contribution in [2.24, 2.45) is 11.8 Å². The summed E-state index contributed by atoms with van der Waals surface area (Å²) in [4.78, 5) is 8.53. The molecule has 17 heavy (non-hydrogen) atoms. The van der Waals surface area contributed by atoms with Crippen LogP contribution >= 0.6 is 11.8 Å². The summed E-state index contributed by atoms with van der Waals surface area (Å²) in [5, 5.41) is 4.11. The maximum atomic E-state index is 5.74. The third-order valence-electron chi connectivity index (χ3n) is 3.28. The molecule has 0 radical (unpaired) electrons. The molecule has 1 saturated carbocycles. The van der Waals surface area contributed by atoms with Crippen LogP contribution in [0.1, 0.15) is 26.2 Å². The van der Waals surface area contributed by atoms with Crippen LogP contribution < -0.4 is 11.1 Å². The number of nitrogens with zero attached hydrogens (tertiary/aromatic N) is 2. The molecular formula is C12H20N4S. The molecule has 0 saturated heterocycles. The van der Waals surface area contributed by atoms with Crippen molar-refractivity contribution in [1.29, 1.82) is 0 Å². The van der Waals surface area contributed by atoms with Crippen LogP contribution in [0.15, 0.2) is 11.2 Å². The van der Waals surface area contributed by atoms with Gasteiger partial charge in [-0.25, -0.2) is 9.97 Å². The number of nitrogen functional groups attached to an aromatic ring is 1. The molecule has 0 aromatic carbocycles. The highest BCUT2D eigenvalue weighted by Gasteiger charge is 2.20. The fourth-order valence-corrected chi connectivity index (χ4v) is 2.77. The Labute approximate surface area is 107 Å². The fourth-order valence-electron chi connectivity index (χ4n) is 2.38. The van der Waals surface area contributed by atoms with Crippen molar-refractivity contribution >= 4 is 23.4 Å². The summed E-state index contributed by atoms with van der Waals surface area (Å²) in [6.45, 7) is 3.32. The Hall–Kier alpha value is -0.970. The van der Waals surface area contributed by atoms with Gasteiger partial charge in [-0.1, -0.05) is 25.1 Å². The summed E-state index contributed by atoms with van der Waals surface area (Å²) in [5.74, 6) is 3.03. The molecule has 4 nitrogen and oxygen atoms in total. The van der Waals surface area contributed by atoms with Crippen molar-refractivity contribution in [3.05, 3.63) is 6.07 Å². The molecule has 0 bridgehead atoms. The monoisotopic (exact) mass is 252 g/mol. The zero-order chi connectivity index (χ0) is 12.3. The Kier molecular flexibility index (Phi) is 4.10. The van der Waals surface area contributed by atoms with Crippen LogP contribution in [-0.2, 0) is 0 Å². The van der Waals surface area contributed by atoms with Gasteiger partial charge >= 0.3 is 0 Å². The quantitative estimate of drug-likeness (QED) is 0.637. The number of aromatic nitrogens is 2. The van der Waals surface area contributed by atoms with Crippen LogP contribution in [0.4, 0.5) is 11.6 Å². The van der Waals surface area contributed by atoms with E-state index in [1.54, 1.807) is 6.07 Å². The first kappa shape index (κ1) is 12.5. The van der Waals surface area contributed by atoms with Crippen LogP contribution in [-0.4, -0.2) is 22.8 Å². The Bertz CT molecular complexity index is 383. The maximum Gasteiger partial charge on any atom is 0.191 e. The zero-order valence-corrected chi connectivity index (χ0v) is 11.3. The van der Waals surface area contributed by atoms with E-state index in [0.717, 1.165) is 29.4 Å². The highest BCUT2D eigenvalue weighted by molar-refractivity contribution is 7.98. The number of nitrogens with two attached hydrogens (primary N) is 1. The second-order valence-corrected chi connectivity index (χ2v) is 5.60. The van der Waals surface area contributed by atoms with Gasteiger partial charge in [-0.2, -0.15) is 0 Å². The average Bonchev–Trinajstić information content (AvgIpc) is 2.72. The summed E-state index contributed by atoms with van der Waals surface area (Å²) in [7, 11) is 0. The van der Waals surface area contributed by atoms with Gasteiger partial charge in [-0.15, -0.1) is 0 Å². The van der Waals surface area contributed by atoms with E-state index in [2.05, 4.69) is 22.2 Å². The lowest BCUT2D eigenvalue weighted by molar-refractivity contribution is 0.536. The molecule has 1 heterocycles. The number of rotatable bonds is 4. The highest BCUT2D eigenvalue weighted by Crippen LogP contribution is 2.30. The topological polar surface area (TPSA) is 63.8 Å². The van der Waals surface area contributed by atoms with E-state index >= 15 is 0 Å². The SMILES string of the molecule is CSc1nc(N)cc(NCC2CCC(C)C2)n1. The van der Waals surface area contributed by atoms with Crippen LogP contribution in [0, 0.1) is 11.8 Å². The summed E-state index contributed by atoms with van der Waals surface area (Å²) in [5.41, 5.74) is 5.74. The maximum absolute atomic E-state index is 5.74. The van der Waals surface area contributed by atoms with E-state index in [1.807, 2.05) is 6.26 Å². The zero-order valence-electron chi connectivity index (χ0n) is 10.4. The van der Waals surface area contributed by atoms with Crippen molar-refractivity contribution in [2.75, 3.05) is 23.9 Å². The largest absolute Gasteiger partial charge is 0.383 e. The van der Waals surface area contributed by atoms with Crippen LogP contribution in [0.25, 0.3) is 0 Å². The lowest BCUT2D eigenvalue weighted by atomic mass is 10.1. The molecule has 5 heteroatoms. The van der Waals surface area contributed by atoms with Crippen molar-refractivity contribution < 1.29 is 0 Å². The van der Waals surface area contributed by atoms with Gasteiger partial charge in [0.25, 0.3) is 0 Å². The van der Waals surface area contributed by atoms with Gasteiger partial charge in [0.1, 0.15) is 11.6 Å². The molecule has 2 rings (SSSR count). The van der Waals surface area contributed by atoms with E-state index in [0.29, 0.717) is 5.82 Å². The number of hydrogen-bond acceptors (Lipinski definition) is 5. The van der Waals surface area contributed by atoms with E-state index in [1.165, 1.54) is 31.0 Å². The van der Waals surface area contributed by atoms with Crippen molar-refractivity contribution in [3.63, 3.8) is 0 Å². The molecule has 0 spiro atoms. The minimum absolute atomic E-state index is 0.534. The first-order chi connectivity index (χ1) is 8.17. The van der Waals surface area contributed by atoms with Gasteiger partial charge in [-0.3, -0.25) is 0 Å². The predicted molar refractivity (Wildman–Crippen MR) is 73.2 cm³/mol. The van der Waals surface area contributed by atoms with Gasteiger partial charge in [-0.05, 0) is 30.9 Å².